The van der Waals surface area contributed by atoms with Crippen molar-refractivity contribution in [1.82, 2.24) is 0 Å². The molecule has 0 atom stereocenters. The zero-order valence-electron chi connectivity index (χ0n) is 14.8. The van der Waals surface area contributed by atoms with E-state index >= 15 is 0 Å². The standard InChI is InChI=1S/C12H16O.C10H10O2/c13-12(9-5-2-6-10-12)11-7-3-1-4-8-11;1-8(11)7-10(12)9-5-3-2-4-6-9/h1,3-4,7-8,13H,2,5-6,9-10H2;2-6H,7H2,1H3. The monoisotopic (exact) mass is 338 g/mol. The third kappa shape index (κ3) is 5.95. The van der Waals surface area contributed by atoms with Crippen molar-refractivity contribution in [3.63, 3.8) is 0 Å². The van der Waals surface area contributed by atoms with Gasteiger partial charge in [-0.1, -0.05) is 79.9 Å². The maximum absolute atomic E-state index is 11.2. The van der Waals surface area contributed by atoms with Gasteiger partial charge in [0.05, 0.1) is 12.0 Å². The topological polar surface area (TPSA) is 54.4 Å². The lowest BCUT2D eigenvalue weighted by molar-refractivity contribution is -0.116. The van der Waals surface area contributed by atoms with Gasteiger partial charge in [0.15, 0.2) is 5.78 Å². The smallest absolute Gasteiger partial charge is 0.170 e. The van der Waals surface area contributed by atoms with Gasteiger partial charge in [-0.15, -0.1) is 0 Å². The highest BCUT2D eigenvalue weighted by molar-refractivity contribution is 6.07. The summed E-state index contributed by atoms with van der Waals surface area (Å²) in [7, 11) is 0. The third-order valence-electron chi connectivity index (χ3n) is 4.50. The van der Waals surface area contributed by atoms with Crippen molar-refractivity contribution in [2.45, 2.75) is 51.0 Å². The Balaban J connectivity index is 0.000000181. The van der Waals surface area contributed by atoms with Crippen LogP contribution in [0.2, 0.25) is 0 Å². The fourth-order valence-corrected chi connectivity index (χ4v) is 3.13. The van der Waals surface area contributed by atoms with Crippen LogP contribution in [0.25, 0.3) is 0 Å². The minimum absolute atomic E-state index is 0.00398. The summed E-state index contributed by atoms with van der Waals surface area (Å²) < 4.78 is 0. The molecule has 3 heteroatoms. The molecule has 3 nitrogen and oxygen atoms in total. The summed E-state index contributed by atoms with van der Waals surface area (Å²) in [4.78, 5) is 21.8. The van der Waals surface area contributed by atoms with Crippen molar-refractivity contribution < 1.29 is 14.7 Å². The van der Waals surface area contributed by atoms with Crippen LogP contribution in [0, 0.1) is 0 Å². The summed E-state index contributed by atoms with van der Waals surface area (Å²) >= 11 is 0. The Morgan fingerprint density at radius 3 is 1.92 bits per heavy atom. The van der Waals surface area contributed by atoms with Gasteiger partial charge in [0.1, 0.15) is 5.78 Å². The summed E-state index contributed by atoms with van der Waals surface area (Å²) in [5, 5.41) is 10.3. The summed E-state index contributed by atoms with van der Waals surface area (Å²) in [6.07, 6.45) is 5.45. The van der Waals surface area contributed by atoms with Crippen LogP contribution in [0.1, 0.15) is 61.4 Å². The molecular formula is C22H26O3. The molecule has 1 aliphatic carbocycles. The van der Waals surface area contributed by atoms with Gasteiger partial charge >= 0.3 is 0 Å². The van der Waals surface area contributed by atoms with E-state index < -0.39 is 5.60 Å². The highest BCUT2D eigenvalue weighted by atomic mass is 16.3. The molecule has 0 aliphatic heterocycles. The van der Waals surface area contributed by atoms with Crippen molar-refractivity contribution in [3.05, 3.63) is 71.8 Å². The second kappa shape index (κ2) is 9.28. The van der Waals surface area contributed by atoms with Crippen LogP contribution in [0.4, 0.5) is 0 Å². The molecule has 0 aromatic heterocycles. The summed E-state index contributed by atoms with van der Waals surface area (Å²) in [6, 6.07) is 18.9. The van der Waals surface area contributed by atoms with Gasteiger partial charge in [0.25, 0.3) is 0 Å². The van der Waals surface area contributed by atoms with Crippen molar-refractivity contribution in [2.75, 3.05) is 0 Å². The number of Topliss-reactive ketones (excluding diaryl/α,β-unsaturated/α-hetero) is 2. The van der Waals surface area contributed by atoms with Crippen LogP contribution in [0.15, 0.2) is 60.7 Å². The van der Waals surface area contributed by atoms with E-state index in [0.29, 0.717) is 5.56 Å². The fourth-order valence-electron chi connectivity index (χ4n) is 3.13. The largest absolute Gasteiger partial charge is 0.385 e. The minimum Gasteiger partial charge on any atom is -0.385 e. The van der Waals surface area contributed by atoms with Crippen molar-refractivity contribution in [1.29, 1.82) is 0 Å². The Morgan fingerprint density at radius 2 is 1.40 bits per heavy atom. The fraction of sp³-hybridized carbons (Fsp3) is 0.364. The first-order chi connectivity index (χ1) is 12.0. The lowest BCUT2D eigenvalue weighted by Crippen LogP contribution is -2.28. The van der Waals surface area contributed by atoms with E-state index in [-0.39, 0.29) is 18.0 Å². The van der Waals surface area contributed by atoms with Crippen LogP contribution in [0.5, 0.6) is 0 Å². The maximum Gasteiger partial charge on any atom is 0.170 e. The first-order valence-corrected chi connectivity index (χ1v) is 8.87. The lowest BCUT2D eigenvalue weighted by atomic mass is 9.80. The molecule has 0 bridgehead atoms. The highest BCUT2D eigenvalue weighted by Crippen LogP contribution is 2.36. The number of hydrogen-bond acceptors (Lipinski definition) is 3. The lowest BCUT2D eigenvalue weighted by Gasteiger charge is -2.32. The van der Waals surface area contributed by atoms with Crippen LogP contribution in [0.3, 0.4) is 0 Å². The molecule has 1 aliphatic rings. The molecule has 1 N–H and O–H groups in total. The number of aliphatic hydroxyl groups is 1. The quantitative estimate of drug-likeness (QED) is 0.650. The SMILES string of the molecule is CC(=O)CC(=O)c1ccccc1.OC1(c2ccccc2)CCCCC1. The molecule has 25 heavy (non-hydrogen) atoms. The third-order valence-corrected chi connectivity index (χ3v) is 4.50. The zero-order valence-corrected chi connectivity index (χ0v) is 14.8. The summed E-state index contributed by atoms with van der Waals surface area (Å²) in [5.41, 5.74) is 1.17. The molecule has 0 unspecified atom stereocenters. The zero-order chi connectivity index (χ0) is 18.1. The Labute approximate surface area is 149 Å². The Morgan fingerprint density at radius 1 is 0.880 bits per heavy atom. The second-order valence-electron chi connectivity index (χ2n) is 6.63. The molecule has 0 amide bonds. The Hall–Kier alpha value is -2.26. The van der Waals surface area contributed by atoms with Gasteiger partial charge < -0.3 is 5.11 Å². The van der Waals surface area contributed by atoms with Crippen LogP contribution in [-0.2, 0) is 10.4 Å². The number of benzene rings is 2. The van der Waals surface area contributed by atoms with Gasteiger partial charge in [-0.05, 0) is 25.3 Å². The van der Waals surface area contributed by atoms with Crippen molar-refractivity contribution in [3.8, 4) is 0 Å². The molecule has 0 radical (unpaired) electrons. The molecule has 2 aromatic carbocycles. The molecule has 0 spiro atoms. The first-order valence-electron chi connectivity index (χ1n) is 8.87. The van der Waals surface area contributed by atoms with Gasteiger partial charge in [0.2, 0.25) is 0 Å². The number of carbonyl (C=O) groups is 2. The molecule has 1 fully saturated rings. The van der Waals surface area contributed by atoms with Gasteiger partial charge in [-0.3, -0.25) is 9.59 Å². The van der Waals surface area contributed by atoms with Crippen LogP contribution < -0.4 is 0 Å². The molecular weight excluding hydrogens is 312 g/mol. The molecule has 132 valence electrons. The average molecular weight is 338 g/mol. The van der Waals surface area contributed by atoms with E-state index in [1.807, 2.05) is 36.4 Å². The first kappa shape index (κ1) is 19.1. The molecule has 3 rings (SSSR count). The van der Waals surface area contributed by atoms with E-state index in [1.165, 1.54) is 13.3 Å². The number of rotatable bonds is 4. The van der Waals surface area contributed by atoms with E-state index in [1.54, 1.807) is 24.3 Å². The Kier molecular flexibility index (Phi) is 7.08. The van der Waals surface area contributed by atoms with E-state index in [4.69, 9.17) is 0 Å². The van der Waals surface area contributed by atoms with Crippen molar-refractivity contribution in [2.24, 2.45) is 0 Å². The predicted octanol–water partition coefficient (Wildman–Crippen LogP) is 4.69. The predicted molar refractivity (Wildman–Crippen MR) is 99.5 cm³/mol. The average Bonchev–Trinajstić information content (AvgIpc) is 2.64. The van der Waals surface area contributed by atoms with E-state index in [2.05, 4.69) is 0 Å². The maximum atomic E-state index is 11.2. The normalized spacial score (nSPS) is 15.6. The van der Waals surface area contributed by atoms with Crippen LogP contribution >= 0.6 is 0 Å². The van der Waals surface area contributed by atoms with Crippen molar-refractivity contribution >= 4 is 11.6 Å². The number of carbonyl (C=O) groups excluding carboxylic acids is 2. The number of hydrogen-bond donors (Lipinski definition) is 1. The van der Waals surface area contributed by atoms with E-state index in [0.717, 1.165) is 31.2 Å². The molecule has 1 saturated carbocycles. The van der Waals surface area contributed by atoms with Gasteiger partial charge in [0, 0.05) is 5.56 Å². The molecule has 0 heterocycles. The van der Waals surface area contributed by atoms with Gasteiger partial charge in [-0.25, -0.2) is 0 Å². The number of ketones is 2. The molecule has 0 saturated heterocycles. The van der Waals surface area contributed by atoms with E-state index in [9.17, 15) is 14.7 Å². The minimum atomic E-state index is -0.528. The van der Waals surface area contributed by atoms with Gasteiger partial charge in [-0.2, -0.15) is 0 Å². The summed E-state index contributed by atoms with van der Waals surface area (Å²) in [5.74, 6) is -0.202. The highest BCUT2D eigenvalue weighted by Gasteiger charge is 2.30. The molecule has 2 aromatic rings. The Bertz CT molecular complexity index is 671. The second-order valence-corrected chi connectivity index (χ2v) is 6.63. The van der Waals surface area contributed by atoms with Crippen LogP contribution in [-0.4, -0.2) is 16.7 Å². The summed E-state index contributed by atoms with van der Waals surface area (Å²) in [6.45, 7) is 1.42.